The molecular formula is C15H22N2O4. The molecule has 3 aliphatic rings. The summed E-state index contributed by atoms with van der Waals surface area (Å²) in [7, 11) is 0. The number of carboxylic acids is 1. The highest BCUT2D eigenvalue weighted by Crippen LogP contribution is 2.48. The van der Waals surface area contributed by atoms with Crippen LogP contribution in [0.2, 0.25) is 0 Å². The van der Waals surface area contributed by atoms with E-state index in [2.05, 4.69) is 5.32 Å². The first-order valence-corrected chi connectivity index (χ1v) is 7.64. The first-order chi connectivity index (χ1) is 10.1. The molecule has 2 fully saturated rings. The van der Waals surface area contributed by atoms with E-state index < -0.39 is 11.4 Å². The Morgan fingerprint density at radius 3 is 3.05 bits per heavy atom. The number of amides is 2. The SMILES string of the molecule is O=C(NCC1=CCOCC1)N1C[C@@H]2CCC[C@@]2(C(=O)O)C1. The number of nitrogens with one attached hydrogen (secondary N) is 1. The van der Waals surface area contributed by atoms with Crippen LogP contribution in [0, 0.1) is 11.3 Å². The molecule has 0 aromatic heterocycles. The molecule has 0 aromatic carbocycles. The monoisotopic (exact) mass is 294 g/mol. The van der Waals surface area contributed by atoms with Gasteiger partial charge in [0.2, 0.25) is 0 Å². The summed E-state index contributed by atoms with van der Waals surface area (Å²) >= 11 is 0. The van der Waals surface area contributed by atoms with Gasteiger partial charge in [0.1, 0.15) is 0 Å². The fourth-order valence-corrected chi connectivity index (χ4v) is 3.82. The molecule has 1 aliphatic carbocycles. The molecule has 2 amide bonds. The number of urea groups is 1. The van der Waals surface area contributed by atoms with Crippen molar-refractivity contribution in [2.75, 3.05) is 32.8 Å². The lowest BCUT2D eigenvalue weighted by molar-refractivity contribution is -0.149. The maximum absolute atomic E-state index is 12.2. The summed E-state index contributed by atoms with van der Waals surface area (Å²) in [5.74, 6) is -0.629. The largest absolute Gasteiger partial charge is 0.481 e. The fourth-order valence-electron chi connectivity index (χ4n) is 3.82. The van der Waals surface area contributed by atoms with Crippen LogP contribution >= 0.6 is 0 Å². The summed E-state index contributed by atoms with van der Waals surface area (Å²) in [6.07, 6.45) is 5.42. The molecule has 1 saturated heterocycles. The molecule has 0 spiro atoms. The van der Waals surface area contributed by atoms with Crippen molar-refractivity contribution in [3.63, 3.8) is 0 Å². The van der Waals surface area contributed by atoms with Gasteiger partial charge in [0, 0.05) is 19.6 Å². The lowest BCUT2D eigenvalue weighted by Gasteiger charge is -2.23. The van der Waals surface area contributed by atoms with Crippen molar-refractivity contribution < 1.29 is 19.4 Å². The van der Waals surface area contributed by atoms with Gasteiger partial charge < -0.3 is 20.1 Å². The molecule has 2 heterocycles. The summed E-state index contributed by atoms with van der Waals surface area (Å²) in [5, 5.41) is 12.4. The van der Waals surface area contributed by atoms with E-state index in [9.17, 15) is 14.7 Å². The Labute approximate surface area is 124 Å². The zero-order valence-electron chi connectivity index (χ0n) is 12.1. The van der Waals surface area contributed by atoms with Crippen LogP contribution < -0.4 is 5.32 Å². The summed E-state index contributed by atoms with van der Waals surface area (Å²) in [6.45, 7) is 2.76. The minimum absolute atomic E-state index is 0.114. The molecule has 6 nitrogen and oxygen atoms in total. The lowest BCUT2D eigenvalue weighted by Crippen LogP contribution is -2.42. The van der Waals surface area contributed by atoms with Crippen molar-refractivity contribution in [2.24, 2.45) is 11.3 Å². The highest BCUT2D eigenvalue weighted by Gasteiger charge is 2.55. The van der Waals surface area contributed by atoms with Crippen LogP contribution in [0.4, 0.5) is 4.79 Å². The molecule has 0 unspecified atom stereocenters. The molecule has 6 heteroatoms. The quantitative estimate of drug-likeness (QED) is 0.767. The van der Waals surface area contributed by atoms with Crippen LogP contribution in [-0.4, -0.2) is 54.9 Å². The molecule has 0 radical (unpaired) electrons. The summed E-state index contributed by atoms with van der Waals surface area (Å²) in [5.41, 5.74) is 0.483. The smallest absolute Gasteiger partial charge is 0.317 e. The number of nitrogens with zero attached hydrogens (tertiary/aromatic N) is 1. The molecule has 21 heavy (non-hydrogen) atoms. The molecule has 3 rings (SSSR count). The van der Waals surface area contributed by atoms with Crippen LogP contribution in [0.15, 0.2) is 11.6 Å². The summed E-state index contributed by atoms with van der Waals surface area (Å²) in [6, 6.07) is -0.141. The van der Waals surface area contributed by atoms with E-state index in [4.69, 9.17) is 4.74 Å². The van der Waals surface area contributed by atoms with Gasteiger partial charge in [0.05, 0.1) is 18.6 Å². The standard InChI is InChI=1S/C15H22N2O4/c18-13(19)15-5-1-2-12(15)9-17(10-15)14(20)16-8-11-3-6-21-7-4-11/h3,12H,1-2,4-10H2,(H,16,20)(H,18,19)/t12-,15+/m0/s1. The molecule has 1 saturated carbocycles. The van der Waals surface area contributed by atoms with Gasteiger partial charge >= 0.3 is 12.0 Å². The third kappa shape index (κ3) is 2.64. The van der Waals surface area contributed by atoms with Crippen LogP contribution in [0.5, 0.6) is 0 Å². The number of hydrogen-bond acceptors (Lipinski definition) is 3. The number of carboxylic acid groups (broad SMARTS) is 1. The van der Waals surface area contributed by atoms with Crippen LogP contribution in [0.1, 0.15) is 25.7 Å². The van der Waals surface area contributed by atoms with Crippen LogP contribution in [0.25, 0.3) is 0 Å². The van der Waals surface area contributed by atoms with Crippen LogP contribution in [0.3, 0.4) is 0 Å². The van der Waals surface area contributed by atoms with E-state index in [1.807, 2.05) is 6.08 Å². The van der Waals surface area contributed by atoms with Gasteiger partial charge in [-0.1, -0.05) is 18.1 Å². The van der Waals surface area contributed by atoms with E-state index in [1.165, 1.54) is 5.57 Å². The molecule has 0 aromatic rings. The van der Waals surface area contributed by atoms with Crippen molar-refractivity contribution in [2.45, 2.75) is 25.7 Å². The number of hydrogen-bond donors (Lipinski definition) is 2. The van der Waals surface area contributed by atoms with E-state index >= 15 is 0 Å². The maximum atomic E-state index is 12.2. The Hall–Kier alpha value is -1.56. The Morgan fingerprint density at radius 1 is 1.52 bits per heavy atom. The van der Waals surface area contributed by atoms with E-state index in [-0.39, 0.29) is 11.9 Å². The highest BCUT2D eigenvalue weighted by atomic mass is 16.5. The second-order valence-corrected chi connectivity index (χ2v) is 6.28. The van der Waals surface area contributed by atoms with Gasteiger partial charge in [-0.15, -0.1) is 0 Å². The summed E-state index contributed by atoms with van der Waals surface area (Å²) < 4.78 is 5.23. The number of rotatable bonds is 3. The molecule has 116 valence electrons. The average Bonchev–Trinajstić information content (AvgIpc) is 3.03. The number of fused-ring (bicyclic) bond motifs is 1. The van der Waals surface area contributed by atoms with Crippen molar-refractivity contribution in [1.29, 1.82) is 0 Å². The van der Waals surface area contributed by atoms with E-state index in [0.29, 0.717) is 39.3 Å². The van der Waals surface area contributed by atoms with Gasteiger partial charge in [-0.3, -0.25) is 4.79 Å². The first-order valence-electron chi connectivity index (χ1n) is 7.64. The zero-order chi connectivity index (χ0) is 14.9. The molecule has 0 bridgehead atoms. The lowest BCUT2D eigenvalue weighted by atomic mass is 9.81. The first kappa shape index (κ1) is 14.4. The minimum Gasteiger partial charge on any atom is -0.481 e. The van der Waals surface area contributed by atoms with E-state index in [1.54, 1.807) is 4.90 Å². The van der Waals surface area contributed by atoms with Crippen molar-refractivity contribution >= 4 is 12.0 Å². The maximum Gasteiger partial charge on any atom is 0.317 e. The number of likely N-dealkylation sites (tertiary alicyclic amines) is 1. The second-order valence-electron chi connectivity index (χ2n) is 6.28. The minimum atomic E-state index is -0.743. The Balaban J connectivity index is 1.57. The second kappa shape index (κ2) is 5.67. The average molecular weight is 294 g/mol. The number of ether oxygens (including phenoxy) is 1. The molecule has 2 aliphatic heterocycles. The molecule has 2 atom stereocenters. The molecule has 2 N–H and O–H groups in total. The number of carbonyl (C=O) groups excluding carboxylic acids is 1. The summed E-state index contributed by atoms with van der Waals surface area (Å²) in [4.78, 5) is 25.5. The van der Waals surface area contributed by atoms with Crippen molar-refractivity contribution in [3.8, 4) is 0 Å². The Morgan fingerprint density at radius 2 is 2.38 bits per heavy atom. The topological polar surface area (TPSA) is 78.9 Å². The zero-order valence-corrected chi connectivity index (χ0v) is 12.1. The van der Waals surface area contributed by atoms with Gasteiger partial charge in [-0.25, -0.2) is 4.79 Å². The van der Waals surface area contributed by atoms with Crippen LogP contribution in [-0.2, 0) is 9.53 Å². The normalized spacial score (nSPS) is 31.7. The predicted molar refractivity (Wildman–Crippen MR) is 75.9 cm³/mol. The van der Waals surface area contributed by atoms with Crippen molar-refractivity contribution in [1.82, 2.24) is 10.2 Å². The fraction of sp³-hybridized carbons (Fsp3) is 0.733. The predicted octanol–water partition coefficient (Wildman–Crippen LogP) is 1.23. The van der Waals surface area contributed by atoms with E-state index in [0.717, 1.165) is 19.3 Å². The van der Waals surface area contributed by atoms with Gasteiger partial charge in [-0.2, -0.15) is 0 Å². The van der Waals surface area contributed by atoms with Gasteiger partial charge in [0.15, 0.2) is 0 Å². The third-order valence-electron chi connectivity index (χ3n) is 5.11. The Bertz CT molecular complexity index is 476. The molecular weight excluding hydrogens is 272 g/mol. The number of aliphatic carboxylic acids is 1. The highest BCUT2D eigenvalue weighted by molar-refractivity contribution is 5.80. The Kier molecular flexibility index (Phi) is 3.89. The van der Waals surface area contributed by atoms with Crippen molar-refractivity contribution in [3.05, 3.63) is 11.6 Å². The van der Waals surface area contributed by atoms with Gasteiger partial charge in [-0.05, 0) is 25.2 Å². The van der Waals surface area contributed by atoms with Gasteiger partial charge in [0.25, 0.3) is 0 Å². The third-order valence-corrected chi connectivity index (χ3v) is 5.11. The number of carbonyl (C=O) groups is 2.